The minimum absolute atomic E-state index is 0.000583. The van der Waals surface area contributed by atoms with Crippen LogP contribution in [-0.4, -0.2) is 11.7 Å². The van der Waals surface area contributed by atoms with E-state index in [1.807, 2.05) is 12.1 Å². The molecule has 0 unspecified atom stereocenters. The van der Waals surface area contributed by atoms with Crippen LogP contribution in [0.2, 0.25) is 0 Å². The van der Waals surface area contributed by atoms with Gasteiger partial charge in [0.1, 0.15) is 5.54 Å². The molecule has 20 heavy (non-hydrogen) atoms. The molecule has 0 heterocycles. The van der Waals surface area contributed by atoms with E-state index in [9.17, 15) is 18.4 Å². The molecule has 108 valence electrons. The molecule has 0 amide bonds. The average Bonchev–Trinajstić information content (AvgIpc) is 2.41. The van der Waals surface area contributed by atoms with Crippen molar-refractivity contribution in [3.63, 3.8) is 0 Å². The Morgan fingerprint density at radius 1 is 1.20 bits per heavy atom. The molecule has 0 atom stereocenters. The molecule has 0 aliphatic heterocycles. The van der Waals surface area contributed by atoms with Gasteiger partial charge in [0.05, 0.1) is 12.0 Å². The summed E-state index contributed by atoms with van der Waals surface area (Å²) in [6.45, 7) is 0. The van der Waals surface area contributed by atoms with Crippen LogP contribution in [-0.2, 0) is 0 Å². The zero-order chi connectivity index (χ0) is 14.8. The van der Waals surface area contributed by atoms with Gasteiger partial charge in [-0.2, -0.15) is 18.4 Å². The number of rotatable bonds is 2. The van der Waals surface area contributed by atoms with Gasteiger partial charge in [0, 0.05) is 10.2 Å². The molecular weight excluding hydrogens is 333 g/mol. The summed E-state index contributed by atoms with van der Waals surface area (Å²) in [6.07, 6.45) is -3.73. The Morgan fingerprint density at radius 2 is 1.75 bits per heavy atom. The lowest BCUT2D eigenvalue weighted by molar-refractivity contribution is -0.183. The van der Waals surface area contributed by atoms with E-state index in [0.717, 1.165) is 10.2 Å². The van der Waals surface area contributed by atoms with Crippen molar-refractivity contribution in [1.29, 1.82) is 5.26 Å². The number of nitriles is 1. The van der Waals surface area contributed by atoms with Crippen LogP contribution >= 0.6 is 15.9 Å². The first-order chi connectivity index (χ1) is 9.35. The lowest BCUT2D eigenvalue weighted by Gasteiger charge is -2.36. The molecule has 1 aliphatic carbocycles. The van der Waals surface area contributed by atoms with Crippen LogP contribution < -0.4 is 5.32 Å². The van der Waals surface area contributed by atoms with E-state index >= 15 is 0 Å². The highest BCUT2D eigenvalue weighted by Crippen LogP contribution is 2.42. The van der Waals surface area contributed by atoms with Crippen molar-refractivity contribution in [1.82, 2.24) is 0 Å². The Morgan fingerprint density at radius 3 is 2.20 bits per heavy atom. The van der Waals surface area contributed by atoms with E-state index in [1.54, 1.807) is 12.1 Å². The third-order valence-corrected chi connectivity index (χ3v) is 4.27. The number of halogens is 4. The summed E-state index contributed by atoms with van der Waals surface area (Å²) in [5.74, 6) is -1.28. The van der Waals surface area contributed by atoms with Gasteiger partial charge in [0.15, 0.2) is 0 Å². The molecule has 2 nitrogen and oxygen atoms in total. The quantitative estimate of drug-likeness (QED) is 0.828. The molecule has 2 rings (SSSR count). The lowest BCUT2D eigenvalue weighted by atomic mass is 9.77. The summed E-state index contributed by atoms with van der Waals surface area (Å²) in [5, 5.41) is 12.4. The van der Waals surface area contributed by atoms with Gasteiger partial charge < -0.3 is 5.32 Å². The fourth-order valence-corrected chi connectivity index (χ4v) is 2.78. The van der Waals surface area contributed by atoms with E-state index in [-0.39, 0.29) is 25.7 Å². The van der Waals surface area contributed by atoms with Crippen LogP contribution in [0.15, 0.2) is 28.7 Å². The van der Waals surface area contributed by atoms with Crippen molar-refractivity contribution in [3.05, 3.63) is 28.7 Å². The Bertz CT molecular complexity index is 497. The van der Waals surface area contributed by atoms with Gasteiger partial charge in [-0.15, -0.1) is 0 Å². The first-order valence-electron chi connectivity index (χ1n) is 6.36. The lowest BCUT2D eigenvalue weighted by Crippen LogP contribution is -2.43. The Balaban J connectivity index is 2.06. The number of alkyl halides is 3. The molecule has 1 aliphatic rings. The largest absolute Gasteiger partial charge is 0.391 e. The van der Waals surface area contributed by atoms with E-state index in [4.69, 9.17) is 0 Å². The summed E-state index contributed by atoms with van der Waals surface area (Å²) in [6, 6.07) is 9.43. The molecule has 1 aromatic rings. The SMILES string of the molecule is N#CC1(Nc2ccc(Br)cc2)CCC(C(F)(F)F)CC1. The van der Waals surface area contributed by atoms with Crippen LogP contribution in [0.25, 0.3) is 0 Å². The number of anilines is 1. The summed E-state index contributed by atoms with van der Waals surface area (Å²) < 4.78 is 38.9. The molecule has 0 spiro atoms. The van der Waals surface area contributed by atoms with Crippen molar-refractivity contribution >= 4 is 21.6 Å². The minimum Gasteiger partial charge on any atom is -0.367 e. The highest BCUT2D eigenvalue weighted by Gasteiger charge is 2.46. The van der Waals surface area contributed by atoms with Crippen LogP contribution in [0.4, 0.5) is 18.9 Å². The van der Waals surface area contributed by atoms with Crippen LogP contribution in [0.3, 0.4) is 0 Å². The number of hydrogen-bond acceptors (Lipinski definition) is 2. The maximum atomic E-state index is 12.7. The molecule has 1 aromatic carbocycles. The topological polar surface area (TPSA) is 35.8 Å². The van der Waals surface area contributed by atoms with Gasteiger partial charge in [-0.25, -0.2) is 0 Å². The average molecular weight is 347 g/mol. The maximum Gasteiger partial charge on any atom is 0.391 e. The third-order valence-electron chi connectivity index (χ3n) is 3.74. The minimum atomic E-state index is -4.15. The maximum absolute atomic E-state index is 12.7. The highest BCUT2D eigenvalue weighted by molar-refractivity contribution is 9.10. The fraction of sp³-hybridized carbons (Fsp3) is 0.500. The van der Waals surface area contributed by atoms with E-state index < -0.39 is 17.6 Å². The molecule has 6 heteroatoms. The third kappa shape index (κ3) is 3.45. The smallest absolute Gasteiger partial charge is 0.367 e. The molecule has 1 fully saturated rings. The predicted octanol–water partition coefficient (Wildman–Crippen LogP) is 4.88. The monoisotopic (exact) mass is 346 g/mol. The second-order valence-electron chi connectivity index (χ2n) is 5.14. The van der Waals surface area contributed by atoms with E-state index in [2.05, 4.69) is 27.3 Å². The summed E-state index contributed by atoms with van der Waals surface area (Å²) in [5.41, 5.74) is -0.143. The van der Waals surface area contributed by atoms with Crippen molar-refractivity contribution in [2.24, 2.45) is 5.92 Å². The first kappa shape index (κ1) is 15.2. The zero-order valence-corrected chi connectivity index (χ0v) is 12.3. The first-order valence-corrected chi connectivity index (χ1v) is 7.16. The van der Waals surface area contributed by atoms with Crippen LogP contribution in [0.5, 0.6) is 0 Å². The molecule has 0 bridgehead atoms. The molecular formula is C14H14BrF3N2. The zero-order valence-electron chi connectivity index (χ0n) is 10.7. The Labute approximate surface area is 124 Å². The standard InChI is InChI=1S/C14H14BrF3N2/c15-11-1-3-12(4-2-11)20-13(9-19)7-5-10(6-8-13)14(16,17)18/h1-4,10,20H,5-8H2. The van der Waals surface area contributed by atoms with Gasteiger partial charge in [0.25, 0.3) is 0 Å². The van der Waals surface area contributed by atoms with Crippen LogP contribution in [0, 0.1) is 17.2 Å². The summed E-state index contributed by atoms with van der Waals surface area (Å²) >= 11 is 3.31. The molecule has 0 radical (unpaired) electrons. The van der Waals surface area contributed by atoms with Gasteiger partial charge in [0.2, 0.25) is 0 Å². The number of nitrogens with zero attached hydrogens (tertiary/aromatic N) is 1. The molecule has 0 aromatic heterocycles. The van der Waals surface area contributed by atoms with Crippen molar-refractivity contribution in [3.8, 4) is 6.07 Å². The second-order valence-corrected chi connectivity index (χ2v) is 6.06. The van der Waals surface area contributed by atoms with E-state index in [1.165, 1.54) is 0 Å². The fourth-order valence-electron chi connectivity index (χ4n) is 2.51. The van der Waals surface area contributed by atoms with Crippen molar-refractivity contribution in [2.75, 3.05) is 5.32 Å². The summed E-state index contributed by atoms with van der Waals surface area (Å²) in [4.78, 5) is 0. The number of nitrogens with one attached hydrogen (secondary N) is 1. The Hall–Kier alpha value is -1.22. The van der Waals surface area contributed by atoms with Gasteiger partial charge in [-0.1, -0.05) is 15.9 Å². The van der Waals surface area contributed by atoms with Crippen molar-refractivity contribution in [2.45, 2.75) is 37.4 Å². The molecule has 0 saturated heterocycles. The van der Waals surface area contributed by atoms with Crippen molar-refractivity contribution < 1.29 is 13.2 Å². The number of hydrogen-bond donors (Lipinski definition) is 1. The van der Waals surface area contributed by atoms with E-state index in [0.29, 0.717) is 0 Å². The van der Waals surface area contributed by atoms with Crippen LogP contribution in [0.1, 0.15) is 25.7 Å². The van der Waals surface area contributed by atoms with Gasteiger partial charge in [-0.05, 0) is 49.9 Å². The molecule has 1 saturated carbocycles. The number of benzene rings is 1. The molecule has 1 N–H and O–H groups in total. The predicted molar refractivity (Wildman–Crippen MR) is 74.1 cm³/mol. The van der Waals surface area contributed by atoms with Gasteiger partial charge >= 0.3 is 6.18 Å². The summed E-state index contributed by atoms with van der Waals surface area (Å²) in [7, 11) is 0. The Kier molecular flexibility index (Phi) is 4.28. The van der Waals surface area contributed by atoms with Gasteiger partial charge in [-0.3, -0.25) is 0 Å². The normalized spacial score (nSPS) is 26.9. The second kappa shape index (κ2) is 5.65. The highest BCUT2D eigenvalue weighted by atomic mass is 79.9.